The van der Waals surface area contributed by atoms with Crippen molar-refractivity contribution in [3.8, 4) is 5.75 Å². The molecule has 1 heterocycles. The van der Waals surface area contributed by atoms with Gasteiger partial charge in [-0.05, 0) is 30.0 Å². The third-order valence-electron chi connectivity index (χ3n) is 2.01. The van der Waals surface area contributed by atoms with E-state index in [0.717, 1.165) is 16.3 Å². The van der Waals surface area contributed by atoms with E-state index in [4.69, 9.17) is 0 Å². The molecule has 0 aliphatic rings. The lowest BCUT2D eigenvalue weighted by Gasteiger charge is -2.02. The maximum Gasteiger partial charge on any atom is 0.124 e. The minimum atomic E-state index is 0.295. The number of aromatic hydroxyl groups is 1. The molecule has 0 fully saturated rings. The Balaban J connectivity index is 2.95. The van der Waals surface area contributed by atoms with Gasteiger partial charge in [0.25, 0.3) is 0 Å². The first-order valence-electron chi connectivity index (χ1n) is 3.81. The van der Waals surface area contributed by atoms with E-state index >= 15 is 0 Å². The summed E-state index contributed by atoms with van der Waals surface area (Å²) in [6.45, 7) is 2.02. The molecule has 1 aromatic carbocycles. The van der Waals surface area contributed by atoms with Crippen LogP contribution in [0.4, 0.5) is 0 Å². The van der Waals surface area contributed by atoms with Gasteiger partial charge < -0.3 is 5.11 Å². The SMILES string of the molecule is Cc1ccc(O)c2cnccc12. The summed E-state index contributed by atoms with van der Waals surface area (Å²) in [4.78, 5) is 3.95. The van der Waals surface area contributed by atoms with Crippen molar-refractivity contribution in [3.05, 3.63) is 36.2 Å². The first kappa shape index (κ1) is 7.10. The van der Waals surface area contributed by atoms with Crippen LogP contribution in [0.15, 0.2) is 30.6 Å². The Hall–Kier alpha value is -1.57. The molecule has 0 amide bonds. The summed E-state index contributed by atoms with van der Waals surface area (Å²) in [6, 6.07) is 5.50. The smallest absolute Gasteiger partial charge is 0.124 e. The molecule has 0 saturated carbocycles. The fourth-order valence-corrected chi connectivity index (χ4v) is 1.33. The van der Waals surface area contributed by atoms with E-state index in [-0.39, 0.29) is 0 Å². The van der Waals surface area contributed by atoms with Crippen molar-refractivity contribution >= 4 is 10.8 Å². The zero-order valence-corrected chi connectivity index (χ0v) is 6.78. The fraction of sp³-hybridized carbons (Fsp3) is 0.100. The second kappa shape index (κ2) is 2.48. The van der Waals surface area contributed by atoms with E-state index in [1.54, 1.807) is 18.5 Å². The van der Waals surface area contributed by atoms with Crippen molar-refractivity contribution in [2.45, 2.75) is 6.92 Å². The molecule has 0 saturated heterocycles. The number of aromatic nitrogens is 1. The van der Waals surface area contributed by atoms with Crippen molar-refractivity contribution in [2.24, 2.45) is 0 Å². The molecule has 2 heteroatoms. The first-order chi connectivity index (χ1) is 5.79. The Kier molecular flexibility index (Phi) is 1.47. The van der Waals surface area contributed by atoms with Gasteiger partial charge in [0.2, 0.25) is 0 Å². The molecule has 0 radical (unpaired) electrons. The van der Waals surface area contributed by atoms with E-state index < -0.39 is 0 Å². The number of phenolic OH excluding ortho intramolecular Hbond substituents is 1. The molecule has 2 nitrogen and oxygen atoms in total. The summed E-state index contributed by atoms with van der Waals surface area (Å²) in [5, 5.41) is 11.3. The molecule has 0 atom stereocenters. The van der Waals surface area contributed by atoms with Crippen LogP contribution in [0.5, 0.6) is 5.75 Å². The Morgan fingerprint density at radius 3 is 2.75 bits per heavy atom. The van der Waals surface area contributed by atoms with E-state index in [9.17, 15) is 5.11 Å². The maximum absolute atomic E-state index is 9.46. The Labute approximate surface area is 70.5 Å². The molecule has 0 aliphatic carbocycles. The molecule has 2 aromatic rings. The highest BCUT2D eigenvalue weighted by atomic mass is 16.3. The van der Waals surface area contributed by atoms with Crippen molar-refractivity contribution in [1.82, 2.24) is 4.98 Å². The second-order valence-corrected chi connectivity index (χ2v) is 2.82. The number of phenols is 1. The second-order valence-electron chi connectivity index (χ2n) is 2.82. The topological polar surface area (TPSA) is 33.1 Å². The van der Waals surface area contributed by atoms with Crippen LogP contribution in [0.1, 0.15) is 5.56 Å². The minimum absolute atomic E-state index is 0.295. The number of hydrogen-bond acceptors (Lipinski definition) is 2. The Morgan fingerprint density at radius 1 is 1.17 bits per heavy atom. The summed E-state index contributed by atoms with van der Waals surface area (Å²) >= 11 is 0. The van der Waals surface area contributed by atoms with Crippen LogP contribution in [0, 0.1) is 6.92 Å². The van der Waals surface area contributed by atoms with Crippen molar-refractivity contribution in [2.75, 3.05) is 0 Å². The Morgan fingerprint density at radius 2 is 2.00 bits per heavy atom. The van der Waals surface area contributed by atoms with Crippen molar-refractivity contribution in [1.29, 1.82) is 0 Å². The van der Waals surface area contributed by atoms with Gasteiger partial charge in [-0.1, -0.05) is 6.07 Å². The highest BCUT2D eigenvalue weighted by Gasteiger charge is 2.00. The Bertz CT molecular complexity index is 383. The largest absolute Gasteiger partial charge is 0.507 e. The van der Waals surface area contributed by atoms with Crippen LogP contribution in [-0.4, -0.2) is 10.1 Å². The molecular formula is C10H9NO. The molecule has 2 rings (SSSR count). The van der Waals surface area contributed by atoms with Crippen LogP contribution in [-0.2, 0) is 0 Å². The molecule has 12 heavy (non-hydrogen) atoms. The van der Waals surface area contributed by atoms with E-state index in [2.05, 4.69) is 4.98 Å². The van der Waals surface area contributed by atoms with Crippen molar-refractivity contribution < 1.29 is 5.11 Å². The van der Waals surface area contributed by atoms with Crippen LogP contribution >= 0.6 is 0 Å². The highest BCUT2D eigenvalue weighted by molar-refractivity contribution is 5.89. The van der Waals surface area contributed by atoms with Gasteiger partial charge in [-0.2, -0.15) is 0 Å². The normalized spacial score (nSPS) is 10.4. The predicted octanol–water partition coefficient (Wildman–Crippen LogP) is 2.25. The lowest BCUT2D eigenvalue weighted by Crippen LogP contribution is -1.79. The number of nitrogens with zero attached hydrogens (tertiary/aromatic N) is 1. The zero-order valence-electron chi connectivity index (χ0n) is 6.78. The van der Waals surface area contributed by atoms with Gasteiger partial charge in [0.1, 0.15) is 5.75 Å². The van der Waals surface area contributed by atoms with E-state index in [1.165, 1.54) is 0 Å². The average Bonchev–Trinajstić information content (AvgIpc) is 2.12. The van der Waals surface area contributed by atoms with Crippen molar-refractivity contribution in [3.63, 3.8) is 0 Å². The number of aryl methyl sites for hydroxylation is 1. The van der Waals surface area contributed by atoms with Gasteiger partial charge in [-0.25, -0.2) is 0 Å². The highest BCUT2D eigenvalue weighted by Crippen LogP contribution is 2.25. The van der Waals surface area contributed by atoms with E-state index in [0.29, 0.717) is 5.75 Å². The molecule has 60 valence electrons. The lowest BCUT2D eigenvalue weighted by molar-refractivity contribution is 0.481. The van der Waals surface area contributed by atoms with Crippen LogP contribution in [0.25, 0.3) is 10.8 Å². The summed E-state index contributed by atoms with van der Waals surface area (Å²) in [5.41, 5.74) is 1.16. The van der Waals surface area contributed by atoms with E-state index in [1.807, 2.05) is 19.1 Å². The lowest BCUT2D eigenvalue weighted by atomic mass is 10.1. The summed E-state index contributed by atoms with van der Waals surface area (Å²) in [7, 11) is 0. The number of pyridine rings is 1. The average molecular weight is 159 g/mol. The molecular weight excluding hydrogens is 150 g/mol. The predicted molar refractivity (Wildman–Crippen MR) is 48.1 cm³/mol. The van der Waals surface area contributed by atoms with Gasteiger partial charge in [-0.3, -0.25) is 4.98 Å². The number of rotatable bonds is 0. The van der Waals surface area contributed by atoms with Gasteiger partial charge in [0, 0.05) is 17.8 Å². The fourth-order valence-electron chi connectivity index (χ4n) is 1.33. The summed E-state index contributed by atoms with van der Waals surface area (Å²) < 4.78 is 0. The van der Waals surface area contributed by atoms with Crippen LogP contribution in [0.2, 0.25) is 0 Å². The third kappa shape index (κ3) is 0.925. The molecule has 0 spiro atoms. The third-order valence-corrected chi connectivity index (χ3v) is 2.01. The minimum Gasteiger partial charge on any atom is -0.507 e. The maximum atomic E-state index is 9.46. The number of fused-ring (bicyclic) bond motifs is 1. The number of benzene rings is 1. The van der Waals surface area contributed by atoms with Crippen LogP contribution < -0.4 is 0 Å². The van der Waals surface area contributed by atoms with Gasteiger partial charge in [0.15, 0.2) is 0 Å². The quantitative estimate of drug-likeness (QED) is 0.639. The zero-order chi connectivity index (χ0) is 8.55. The summed E-state index contributed by atoms with van der Waals surface area (Å²) in [5.74, 6) is 0.295. The monoisotopic (exact) mass is 159 g/mol. The summed E-state index contributed by atoms with van der Waals surface area (Å²) in [6.07, 6.45) is 3.41. The first-order valence-corrected chi connectivity index (χ1v) is 3.81. The van der Waals surface area contributed by atoms with Gasteiger partial charge in [0.05, 0.1) is 0 Å². The molecule has 1 aromatic heterocycles. The molecule has 1 N–H and O–H groups in total. The number of hydrogen-bond donors (Lipinski definition) is 1. The molecule has 0 aliphatic heterocycles. The standard InChI is InChI=1S/C10H9NO/c1-7-2-3-10(12)9-6-11-5-4-8(7)9/h2-6,12H,1H3. The molecule has 0 unspecified atom stereocenters. The van der Waals surface area contributed by atoms with Gasteiger partial charge >= 0.3 is 0 Å². The van der Waals surface area contributed by atoms with Gasteiger partial charge in [-0.15, -0.1) is 0 Å². The molecule has 0 bridgehead atoms. The van der Waals surface area contributed by atoms with Crippen LogP contribution in [0.3, 0.4) is 0 Å².